The molecule has 4 nitrogen and oxygen atoms in total. The lowest BCUT2D eigenvalue weighted by Crippen LogP contribution is -2.24. The second-order valence-corrected chi connectivity index (χ2v) is 5.19. The SMILES string of the molecule is CCOC(OCC)C([Si])CCc1ccccc1C(N)=O. The van der Waals surface area contributed by atoms with Gasteiger partial charge in [-0.25, -0.2) is 0 Å². The Morgan fingerprint density at radius 3 is 2.40 bits per heavy atom. The van der Waals surface area contributed by atoms with Crippen molar-refractivity contribution in [1.29, 1.82) is 0 Å². The molecule has 0 saturated carbocycles. The smallest absolute Gasteiger partial charge is 0.248 e. The van der Waals surface area contributed by atoms with Crippen LogP contribution in [0.15, 0.2) is 24.3 Å². The average Bonchev–Trinajstić information content (AvgIpc) is 2.44. The molecule has 1 aromatic rings. The standard InChI is InChI=1S/C15H22NO3Si/c1-3-18-15(19-4-2)13(20)10-9-11-7-5-6-8-12(11)14(16)17/h5-8,13,15H,3-4,9-10H2,1-2H3,(H2,16,17). The van der Waals surface area contributed by atoms with Crippen LogP contribution >= 0.6 is 0 Å². The molecule has 0 fully saturated rings. The Morgan fingerprint density at radius 2 is 1.85 bits per heavy atom. The predicted octanol–water partition coefficient (Wildman–Crippen LogP) is 2.07. The summed E-state index contributed by atoms with van der Waals surface area (Å²) in [5.41, 5.74) is 6.97. The number of carbonyl (C=O) groups is 1. The highest BCUT2D eigenvalue weighted by atomic mass is 28.1. The van der Waals surface area contributed by atoms with Gasteiger partial charge in [0.25, 0.3) is 0 Å². The molecule has 1 amide bonds. The number of rotatable bonds is 9. The van der Waals surface area contributed by atoms with E-state index in [-0.39, 0.29) is 11.8 Å². The maximum absolute atomic E-state index is 11.4. The molecular weight excluding hydrogens is 270 g/mol. The number of amides is 1. The first-order chi connectivity index (χ1) is 9.60. The topological polar surface area (TPSA) is 61.6 Å². The Morgan fingerprint density at radius 1 is 1.25 bits per heavy atom. The maximum atomic E-state index is 11.4. The van der Waals surface area contributed by atoms with E-state index in [0.29, 0.717) is 18.8 Å². The summed E-state index contributed by atoms with van der Waals surface area (Å²) in [5, 5.41) is 0. The van der Waals surface area contributed by atoms with Gasteiger partial charge < -0.3 is 15.2 Å². The highest BCUT2D eigenvalue weighted by Gasteiger charge is 2.18. The molecule has 109 valence electrons. The summed E-state index contributed by atoms with van der Waals surface area (Å²) < 4.78 is 11.1. The van der Waals surface area contributed by atoms with Crippen LogP contribution in [0.4, 0.5) is 0 Å². The fourth-order valence-corrected chi connectivity index (χ4v) is 2.37. The van der Waals surface area contributed by atoms with E-state index in [4.69, 9.17) is 15.2 Å². The highest BCUT2D eigenvalue weighted by molar-refractivity contribution is 6.12. The van der Waals surface area contributed by atoms with E-state index in [2.05, 4.69) is 10.2 Å². The van der Waals surface area contributed by atoms with Crippen molar-refractivity contribution in [2.75, 3.05) is 13.2 Å². The Balaban J connectivity index is 2.63. The van der Waals surface area contributed by atoms with E-state index in [0.717, 1.165) is 18.4 Å². The van der Waals surface area contributed by atoms with Crippen LogP contribution in [-0.2, 0) is 15.9 Å². The van der Waals surface area contributed by atoms with Crippen LogP contribution in [0.1, 0.15) is 36.2 Å². The molecule has 1 atom stereocenters. The van der Waals surface area contributed by atoms with E-state index in [1.807, 2.05) is 32.0 Å². The minimum atomic E-state index is -0.391. The largest absolute Gasteiger partial charge is 0.366 e. The predicted molar refractivity (Wildman–Crippen MR) is 79.8 cm³/mol. The second kappa shape index (κ2) is 8.89. The van der Waals surface area contributed by atoms with Gasteiger partial charge in [-0.1, -0.05) is 18.2 Å². The number of ether oxygens (including phenoxy) is 2. The molecule has 1 aromatic carbocycles. The molecule has 0 aliphatic heterocycles. The van der Waals surface area contributed by atoms with Crippen LogP contribution in [0.5, 0.6) is 0 Å². The van der Waals surface area contributed by atoms with Gasteiger partial charge in [-0.15, -0.1) is 0 Å². The number of primary amides is 1. The van der Waals surface area contributed by atoms with E-state index in [9.17, 15) is 4.79 Å². The zero-order valence-corrected chi connectivity index (χ0v) is 13.1. The van der Waals surface area contributed by atoms with E-state index in [1.165, 1.54) is 0 Å². The quantitative estimate of drug-likeness (QED) is 0.560. The first-order valence-electron chi connectivity index (χ1n) is 6.92. The van der Waals surface area contributed by atoms with Gasteiger partial charge in [0.15, 0.2) is 6.29 Å². The molecule has 0 spiro atoms. The van der Waals surface area contributed by atoms with Crippen molar-refractivity contribution in [3.8, 4) is 0 Å². The third-order valence-corrected chi connectivity index (χ3v) is 3.56. The summed E-state index contributed by atoms with van der Waals surface area (Å²) in [5.74, 6) is -0.391. The first-order valence-corrected chi connectivity index (χ1v) is 7.49. The van der Waals surface area contributed by atoms with Gasteiger partial charge in [0.1, 0.15) is 0 Å². The summed E-state index contributed by atoms with van der Waals surface area (Å²) in [7, 11) is 3.65. The van der Waals surface area contributed by atoms with Crippen molar-refractivity contribution in [3.05, 3.63) is 35.4 Å². The lowest BCUT2D eigenvalue weighted by molar-refractivity contribution is -0.139. The summed E-state index contributed by atoms with van der Waals surface area (Å²) in [6.45, 7) is 5.08. The number of hydrogen-bond donors (Lipinski definition) is 1. The number of aryl methyl sites for hydroxylation is 1. The molecule has 0 aromatic heterocycles. The molecule has 0 saturated heterocycles. The number of carbonyl (C=O) groups excluding carboxylic acids is 1. The number of nitrogens with two attached hydrogens (primary N) is 1. The van der Waals surface area contributed by atoms with Crippen molar-refractivity contribution < 1.29 is 14.3 Å². The summed E-state index contributed by atoms with van der Waals surface area (Å²) in [6, 6.07) is 7.41. The molecular formula is C15H22NO3Si. The van der Waals surface area contributed by atoms with Crippen LogP contribution in [0.2, 0.25) is 5.54 Å². The Kier molecular flexibility index (Phi) is 7.50. The Bertz CT molecular complexity index is 419. The van der Waals surface area contributed by atoms with Crippen molar-refractivity contribution in [2.45, 2.75) is 38.5 Å². The molecule has 1 rings (SSSR count). The lowest BCUT2D eigenvalue weighted by atomic mass is 10.0. The molecule has 0 aliphatic carbocycles. The van der Waals surface area contributed by atoms with E-state index >= 15 is 0 Å². The number of hydrogen-bond acceptors (Lipinski definition) is 3. The molecule has 20 heavy (non-hydrogen) atoms. The van der Waals surface area contributed by atoms with Gasteiger partial charge in [-0.2, -0.15) is 0 Å². The molecule has 0 heterocycles. The van der Waals surface area contributed by atoms with Crippen molar-refractivity contribution in [3.63, 3.8) is 0 Å². The van der Waals surface area contributed by atoms with Gasteiger partial charge >= 0.3 is 0 Å². The summed E-state index contributed by atoms with van der Waals surface area (Å²) >= 11 is 0. The second-order valence-electron chi connectivity index (χ2n) is 4.45. The number of benzene rings is 1. The third kappa shape index (κ3) is 5.07. The molecule has 0 bridgehead atoms. The molecule has 2 N–H and O–H groups in total. The average molecular weight is 292 g/mol. The van der Waals surface area contributed by atoms with Crippen LogP contribution in [0.3, 0.4) is 0 Å². The zero-order valence-electron chi connectivity index (χ0n) is 12.1. The maximum Gasteiger partial charge on any atom is 0.248 e. The Labute approximate surface area is 124 Å². The van der Waals surface area contributed by atoms with Crippen LogP contribution in [0, 0.1) is 0 Å². The van der Waals surface area contributed by atoms with Crippen molar-refractivity contribution >= 4 is 16.1 Å². The highest BCUT2D eigenvalue weighted by Crippen LogP contribution is 2.21. The molecule has 0 aliphatic rings. The van der Waals surface area contributed by atoms with Gasteiger partial charge in [0, 0.05) is 29.0 Å². The molecule has 3 radical (unpaired) electrons. The van der Waals surface area contributed by atoms with Crippen LogP contribution in [-0.4, -0.2) is 35.7 Å². The Hall–Kier alpha value is -1.17. The minimum Gasteiger partial charge on any atom is -0.366 e. The van der Waals surface area contributed by atoms with Gasteiger partial charge in [-0.3, -0.25) is 4.79 Å². The van der Waals surface area contributed by atoms with E-state index < -0.39 is 5.91 Å². The summed E-state index contributed by atoms with van der Waals surface area (Å²) in [6.07, 6.45) is 1.26. The summed E-state index contributed by atoms with van der Waals surface area (Å²) in [4.78, 5) is 11.4. The molecule has 1 unspecified atom stereocenters. The fourth-order valence-electron chi connectivity index (χ4n) is 2.03. The van der Waals surface area contributed by atoms with Gasteiger partial charge in [0.2, 0.25) is 5.91 Å². The van der Waals surface area contributed by atoms with Gasteiger partial charge in [-0.05, 0) is 43.9 Å². The third-order valence-electron chi connectivity index (χ3n) is 3.00. The zero-order chi connectivity index (χ0) is 15.0. The monoisotopic (exact) mass is 292 g/mol. The fraction of sp³-hybridized carbons (Fsp3) is 0.533. The van der Waals surface area contributed by atoms with Gasteiger partial charge in [0.05, 0.1) is 0 Å². The first kappa shape index (κ1) is 16.9. The minimum absolute atomic E-state index is 0.0656. The van der Waals surface area contributed by atoms with Crippen LogP contribution in [0.25, 0.3) is 0 Å². The normalized spacial score (nSPS) is 12.6. The molecule has 5 heteroatoms. The van der Waals surface area contributed by atoms with E-state index in [1.54, 1.807) is 6.07 Å². The lowest BCUT2D eigenvalue weighted by Gasteiger charge is -2.23. The van der Waals surface area contributed by atoms with Crippen molar-refractivity contribution in [1.82, 2.24) is 0 Å². The van der Waals surface area contributed by atoms with Crippen molar-refractivity contribution in [2.24, 2.45) is 5.73 Å². The van der Waals surface area contributed by atoms with Crippen LogP contribution < -0.4 is 5.73 Å².